The molecule has 134 valence electrons. The molecule has 4 nitrogen and oxygen atoms in total. The molecule has 0 aromatic heterocycles. The monoisotopic (exact) mass is 332 g/mol. The third-order valence-electron chi connectivity index (χ3n) is 5.01. The predicted octanol–water partition coefficient (Wildman–Crippen LogP) is 3.28. The number of para-hydroxylation sites is 1. The fourth-order valence-corrected chi connectivity index (χ4v) is 3.54. The van der Waals surface area contributed by atoms with E-state index in [1.165, 1.54) is 37.7 Å². The lowest BCUT2D eigenvalue weighted by Gasteiger charge is -2.35. The molecule has 0 unspecified atom stereocenters. The zero-order valence-electron chi connectivity index (χ0n) is 15.1. The van der Waals surface area contributed by atoms with Crippen LogP contribution in [0.5, 0.6) is 0 Å². The third-order valence-corrected chi connectivity index (χ3v) is 5.01. The molecular weight excluding hydrogens is 300 g/mol. The number of carbonyl (C=O) groups is 1. The molecule has 1 amide bonds. The Hall–Kier alpha value is -1.55. The number of carbonyl (C=O) groups excluding carboxylic acids is 1. The first-order chi connectivity index (χ1) is 11.7. The summed E-state index contributed by atoms with van der Waals surface area (Å²) in [5.74, 6) is 0.0413. The van der Waals surface area contributed by atoms with Gasteiger partial charge >= 0.3 is 0 Å². The Morgan fingerprint density at radius 1 is 1.17 bits per heavy atom. The highest BCUT2D eigenvalue weighted by atomic mass is 16.3. The molecule has 0 aliphatic carbocycles. The van der Waals surface area contributed by atoms with Gasteiger partial charge in [-0.1, -0.05) is 63.6 Å². The van der Waals surface area contributed by atoms with E-state index in [1.807, 2.05) is 19.2 Å². The molecule has 0 saturated heterocycles. The van der Waals surface area contributed by atoms with E-state index in [0.29, 0.717) is 6.42 Å². The van der Waals surface area contributed by atoms with Crippen molar-refractivity contribution in [1.82, 2.24) is 5.32 Å². The number of benzene rings is 1. The second kappa shape index (κ2) is 9.67. The van der Waals surface area contributed by atoms with Crippen LogP contribution in [0.15, 0.2) is 24.3 Å². The van der Waals surface area contributed by atoms with Crippen molar-refractivity contribution in [3.63, 3.8) is 0 Å². The number of aliphatic hydroxyl groups excluding tert-OH is 1. The van der Waals surface area contributed by atoms with E-state index >= 15 is 0 Å². The molecule has 1 aliphatic heterocycles. The maximum Gasteiger partial charge on any atom is 0.242 e. The van der Waals surface area contributed by atoms with Gasteiger partial charge in [0.25, 0.3) is 0 Å². The molecule has 2 atom stereocenters. The average molecular weight is 332 g/mol. The van der Waals surface area contributed by atoms with Crippen LogP contribution in [0.1, 0.15) is 57.4 Å². The lowest BCUT2D eigenvalue weighted by atomic mass is 9.97. The first kappa shape index (κ1) is 18.8. The van der Waals surface area contributed by atoms with Crippen LogP contribution < -0.4 is 10.2 Å². The van der Waals surface area contributed by atoms with Gasteiger partial charge in [0.05, 0.1) is 12.6 Å². The molecule has 0 fully saturated rings. The van der Waals surface area contributed by atoms with Gasteiger partial charge in [0.1, 0.15) is 6.04 Å². The topological polar surface area (TPSA) is 52.6 Å². The summed E-state index contributed by atoms with van der Waals surface area (Å²) in [6.45, 7) is 2.20. The Morgan fingerprint density at radius 2 is 1.88 bits per heavy atom. The maximum atomic E-state index is 12.7. The number of hydrogen-bond donors (Lipinski definition) is 2. The van der Waals surface area contributed by atoms with Crippen LogP contribution in [0.3, 0.4) is 0 Å². The Balaban J connectivity index is 2.04. The molecule has 2 N–H and O–H groups in total. The zero-order chi connectivity index (χ0) is 17.4. The highest BCUT2D eigenvalue weighted by molar-refractivity contribution is 5.86. The van der Waals surface area contributed by atoms with Crippen LogP contribution in [0.25, 0.3) is 0 Å². The highest BCUT2D eigenvalue weighted by Crippen LogP contribution is 2.26. The van der Waals surface area contributed by atoms with E-state index in [4.69, 9.17) is 0 Å². The summed E-state index contributed by atoms with van der Waals surface area (Å²) < 4.78 is 0. The number of nitrogens with one attached hydrogen (secondary N) is 1. The van der Waals surface area contributed by atoms with Gasteiger partial charge in [-0.3, -0.25) is 4.79 Å². The highest BCUT2D eigenvalue weighted by Gasteiger charge is 2.29. The number of rotatable bonds is 8. The minimum absolute atomic E-state index is 0.0203. The van der Waals surface area contributed by atoms with E-state index < -0.39 is 0 Å². The molecule has 1 heterocycles. The van der Waals surface area contributed by atoms with Gasteiger partial charge in [0.15, 0.2) is 0 Å². The molecule has 0 saturated carbocycles. The molecule has 1 aromatic carbocycles. The molecule has 1 aliphatic rings. The molecule has 24 heavy (non-hydrogen) atoms. The van der Waals surface area contributed by atoms with E-state index in [0.717, 1.165) is 18.5 Å². The van der Waals surface area contributed by atoms with Gasteiger partial charge in [-0.05, 0) is 24.5 Å². The molecule has 0 spiro atoms. The number of likely N-dealkylation sites (N-methyl/N-ethyl adjacent to an activating group) is 1. The Labute approximate surface area is 146 Å². The summed E-state index contributed by atoms with van der Waals surface area (Å²) in [5.41, 5.74) is 2.30. The standard InChI is InChI=1S/C20H32N2O2/c1-3-4-5-6-7-8-13-19-20(24)21-17(15-23)14-16-11-9-10-12-18(16)22(19)2/h9-12,17,19,23H,3-8,13-15H2,1-2H3,(H,21,24)/t17-,19-/m0/s1. The third kappa shape index (κ3) is 4.97. The van der Waals surface area contributed by atoms with Crippen molar-refractivity contribution in [2.45, 2.75) is 70.4 Å². The lowest BCUT2D eigenvalue weighted by Crippen LogP contribution is -2.52. The first-order valence-corrected chi connectivity index (χ1v) is 9.39. The van der Waals surface area contributed by atoms with Crippen molar-refractivity contribution < 1.29 is 9.90 Å². The van der Waals surface area contributed by atoms with E-state index in [1.54, 1.807) is 0 Å². The molecule has 4 heteroatoms. The van der Waals surface area contributed by atoms with Crippen LogP contribution in [-0.2, 0) is 11.2 Å². The van der Waals surface area contributed by atoms with Gasteiger partial charge in [-0.15, -0.1) is 0 Å². The number of fused-ring (bicyclic) bond motifs is 1. The Bertz CT molecular complexity index is 518. The molecule has 2 rings (SSSR count). The normalized spacial score (nSPS) is 21.0. The second-order valence-electron chi connectivity index (χ2n) is 6.90. The molecular formula is C20H32N2O2. The van der Waals surface area contributed by atoms with E-state index in [9.17, 15) is 9.90 Å². The van der Waals surface area contributed by atoms with Crippen molar-refractivity contribution in [3.8, 4) is 0 Å². The van der Waals surface area contributed by atoms with Crippen LogP contribution in [-0.4, -0.2) is 36.8 Å². The summed E-state index contributed by atoms with van der Waals surface area (Å²) in [5, 5.41) is 12.6. The predicted molar refractivity (Wildman–Crippen MR) is 99.3 cm³/mol. The summed E-state index contributed by atoms with van der Waals surface area (Å²) in [6, 6.07) is 7.86. The number of nitrogens with zero attached hydrogens (tertiary/aromatic N) is 1. The fraction of sp³-hybridized carbons (Fsp3) is 0.650. The van der Waals surface area contributed by atoms with Crippen LogP contribution in [0, 0.1) is 0 Å². The van der Waals surface area contributed by atoms with Gasteiger partial charge in [0, 0.05) is 12.7 Å². The van der Waals surface area contributed by atoms with Crippen LogP contribution in [0.4, 0.5) is 5.69 Å². The zero-order valence-corrected chi connectivity index (χ0v) is 15.1. The summed E-state index contributed by atoms with van der Waals surface area (Å²) in [7, 11) is 2.01. The van der Waals surface area contributed by atoms with E-state index in [2.05, 4.69) is 29.3 Å². The summed E-state index contributed by atoms with van der Waals surface area (Å²) >= 11 is 0. The first-order valence-electron chi connectivity index (χ1n) is 9.39. The van der Waals surface area contributed by atoms with Crippen molar-refractivity contribution in [2.24, 2.45) is 0 Å². The number of anilines is 1. The van der Waals surface area contributed by atoms with E-state index in [-0.39, 0.29) is 24.6 Å². The second-order valence-corrected chi connectivity index (χ2v) is 6.90. The van der Waals surface area contributed by atoms with Crippen LogP contribution >= 0.6 is 0 Å². The minimum Gasteiger partial charge on any atom is -0.394 e. The van der Waals surface area contributed by atoms with Gasteiger partial charge in [0.2, 0.25) is 5.91 Å². The minimum atomic E-state index is -0.195. The number of hydrogen-bond acceptors (Lipinski definition) is 3. The van der Waals surface area contributed by atoms with Crippen LogP contribution in [0.2, 0.25) is 0 Å². The van der Waals surface area contributed by atoms with Crippen molar-refractivity contribution in [2.75, 3.05) is 18.6 Å². The molecule has 1 aromatic rings. The summed E-state index contributed by atoms with van der Waals surface area (Å²) in [6.07, 6.45) is 8.89. The lowest BCUT2D eigenvalue weighted by molar-refractivity contribution is -0.123. The largest absolute Gasteiger partial charge is 0.394 e. The van der Waals surface area contributed by atoms with Gasteiger partial charge < -0.3 is 15.3 Å². The number of unbranched alkanes of at least 4 members (excludes halogenated alkanes) is 5. The Kier molecular flexibility index (Phi) is 7.57. The quantitative estimate of drug-likeness (QED) is 0.718. The maximum absolute atomic E-state index is 12.7. The smallest absolute Gasteiger partial charge is 0.242 e. The molecule has 0 radical (unpaired) electrons. The van der Waals surface area contributed by atoms with Crippen molar-refractivity contribution in [3.05, 3.63) is 29.8 Å². The average Bonchev–Trinajstić information content (AvgIpc) is 2.59. The Morgan fingerprint density at radius 3 is 2.62 bits per heavy atom. The van der Waals surface area contributed by atoms with Crippen molar-refractivity contribution >= 4 is 11.6 Å². The SMILES string of the molecule is CCCCCCCC[C@H]1C(=O)N[C@H](CO)Cc2ccccc2N1C. The molecule has 0 bridgehead atoms. The summed E-state index contributed by atoms with van der Waals surface area (Å²) in [4.78, 5) is 14.8. The number of aliphatic hydroxyl groups is 1. The number of amides is 1. The van der Waals surface area contributed by atoms with Gasteiger partial charge in [-0.25, -0.2) is 0 Å². The fourth-order valence-electron chi connectivity index (χ4n) is 3.54. The van der Waals surface area contributed by atoms with Crippen molar-refractivity contribution in [1.29, 1.82) is 0 Å². The van der Waals surface area contributed by atoms with Gasteiger partial charge in [-0.2, -0.15) is 0 Å².